The molecule has 0 atom stereocenters. The van der Waals surface area contributed by atoms with Crippen molar-refractivity contribution in [1.29, 1.82) is 5.26 Å². The van der Waals surface area contributed by atoms with E-state index in [0.717, 1.165) is 33.4 Å². The number of aromatic nitrogens is 3. The van der Waals surface area contributed by atoms with Crippen molar-refractivity contribution >= 4 is 22.3 Å². The minimum atomic E-state index is 0.465. The van der Waals surface area contributed by atoms with Crippen molar-refractivity contribution in [3.8, 4) is 17.2 Å². The normalized spacial score (nSPS) is 10.8. The van der Waals surface area contributed by atoms with Gasteiger partial charge in [0.05, 0.1) is 22.5 Å². The molecule has 6 nitrogen and oxygen atoms in total. The highest BCUT2D eigenvalue weighted by molar-refractivity contribution is 5.89. The van der Waals surface area contributed by atoms with Crippen molar-refractivity contribution in [2.45, 2.75) is 13.8 Å². The Morgan fingerprint density at radius 2 is 2.08 bits per heavy atom. The van der Waals surface area contributed by atoms with Crippen LogP contribution in [0.4, 0.5) is 11.4 Å². The van der Waals surface area contributed by atoms with Crippen LogP contribution in [0.1, 0.15) is 17.0 Å². The lowest BCUT2D eigenvalue weighted by molar-refractivity contribution is 0.393. The molecule has 0 radical (unpaired) electrons. The average molecular weight is 329 g/mol. The highest BCUT2D eigenvalue weighted by Gasteiger charge is 2.18. The third-order valence-electron chi connectivity index (χ3n) is 4.19. The predicted molar refractivity (Wildman–Crippen MR) is 95.5 cm³/mol. The van der Waals surface area contributed by atoms with E-state index in [0.29, 0.717) is 17.0 Å². The highest BCUT2D eigenvalue weighted by Crippen LogP contribution is 2.36. The van der Waals surface area contributed by atoms with Crippen molar-refractivity contribution in [3.05, 3.63) is 59.9 Å². The number of anilines is 2. The zero-order valence-electron chi connectivity index (χ0n) is 13.8. The first kappa shape index (κ1) is 15.0. The van der Waals surface area contributed by atoms with Gasteiger partial charge in [-0.15, -0.1) is 0 Å². The molecule has 0 unspecified atom stereocenters. The molecule has 0 aliphatic rings. The number of benzene rings is 1. The molecule has 6 heteroatoms. The molecule has 0 bridgehead atoms. The van der Waals surface area contributed by atoms with E-state index >= 15 is 0 Å². The van der Waals surface area contributed by atoms with E-state index in [2.05, 4.69) is 26.5 Å². The maximum atomic E-state index is 9.52. The van der Waals surface area contributed by atoms with Crippen molar-refractivity contribution in [3.63, 3.8) is 0 Å². The van der Waals surface area contributed by atoms with Crippen LogP contribution in [0.5, 0.6) is 0 Å². The second-order valence-corrected chi connectivity index (χ2v) is 5.83. The summed E-state index contributed by atoms with van der Waals surface area (Å²) in [6.07, 6.45) is 5.18. The van der Waals surface area contributed by atoms with E-state index in [-0.39, 0.29) is 0 Å². The molecular weight excluding hydrogens is 314 g/mol. The molecule has 4 rings (SSSR count). The quantitative estimate of drug-likeness (QED) is 0.579. The van der Waals surface area contributed by atoms with Crippen molar-refractivity contribution < 1.29 is 4.52 Å². The summed E-state index contributed by atoms with van der Waals surface area (Å²) in [4.78, 5) is 7.37. The Kier molecular flexibility index (Phi) is 3.47. The zero-order chi connectivity index (χ0) is 17.4. The average Bonchev–Trinajstić information content (AvgIpc) is 3.21. The van der Waals surface area contributed by atoms with E-state index < -0.39 is 0 Å². The van der Waals surface area contributed by atoms with Crippen molar-refractivity contribution in [2.75, 3.05) is 5.32 Å². The predicted octanol–water partition coefficient (Wildman–Crippen LogP) is 4.45. The van der Waals surface area contributed by atoms with Crippen LogP contribution in [-0.2, 0) is 0 Å². The minimum absolute atomic E-state index is 0.465. The fourth-order valence-corrected chi connectivity index (χ4v) is 3.01. The Hall–Kier alpha value is -3.59. The number of nitrogens with zero attached hydrogens (tertiary/aromatic N) is 3. The molecular formula is C19H15N5O. The fraction of sp³-hybridized carbons (Fsp3) is 0.105. The lowest BCUT2D eigenvalue weighted by atomic mass is 10.0. The van der Waals surface area contributed by atoms with Crippen LogP contribution in [0, 0.1) is 25.2 Å². The summed E-state index contributed by atoms with van der Waals surface area (Å²) in [5.41, 5.74) is 5.53. The van der Waals surface area contributed by atoms with Gasteiger partial charge in [0.2, 0.25) is 0 Å². The number of hydrogen-bond donors (Lipinski definition) is 2. The first-order valence-electron chi connectivity index (χ1n) is 7.83. The van der Waals surface area contributed by atoms with Crippen molar-refractivity contribution in [1.82, 2.24) is 15.1 Å². The maximum absolute atomic E-state index is 9.52. The van der Waals surface area contributed by atoms with Gasteiger partial charge in [0.15, 0.2) is 0 Å². The Labute approximate surface area is 144 Å². The van der Waals surface area contributed by atoms with E-state index in [1.165, 1.54) is 0 Å². The summed E-state index contributed by atoms with van der Waals surface area (Å²) >= 11 is 0. The highest BCUT2D eigenvalue weighted by atomic mass is 16.5. The number of nitriles is 1. The van der Waals surface area contributed by atoms with E-state index in [4.69, 9.17) is 4.52 Å². The van der Waals surface area contributed by atoms with Gasteiger partial charge in [-0.25, -0.2) is 0 Å². The van der Waals surface area contributed by atoms with E-state index in [1.54, 1.807) is 12.4 Å². The smallest absolute Gasteiger partial charge is 0.141 e. The number of nitrogens with one attached hydrogen (secondary N) is 2. The molecule has 0 saturated carbocycles. The third kappa shape index (κ3) is 2.52. The first-order valence-corrected chi connectivity index (χ1v) is 7.83. The number of aromatic amines is 1. The van der Waals surface area contributed by atoms with Crippen LogP contribution in [0.3, 0.4) is 0 Å². The largest absolute Gasteiger partial charge is 0.361 e. The molecule has 0 fully saturated rings. The number of rotatable bonds is 3. The third-order valence-corrected chi connectivity index (χ3v) is 4.19. The summed E-state index contributed by atoms with van der Waals surface area (Å²) in [6, 6.07) is 10.2. The van der Waals surface area contributed by atoms with Crippen molar-refractivity contribution in [2.24, 2.45) is 0 Å². The Balaban J connectivity index is 1.87. The number of H-pyrrole nitrogens is 1. The van der Waals surface area contributed by atoms with Crippen LogP contribution in [0.15, 0.2) is 47.4 Å². The van der Waals surface area contributed by atoms with Crippen LogP contribution < -0.4 is 5.32 Å². The van der Waals surface area contributed by atoms with Crippen LogP contribution in [0.25, 0.3) is 22.0 Å². The number of aryl methyl sites for hydroxylation is 2. The van der Waals surface area contributed by atoms with E-state index in [1.807, 2.05) is 44.3 Å². The van der Waals surface area contributed by atoms with E-state index in [9.17, 15) is 5.26 Å². The summed E-state index contributed by atoms with van der Waals surface area (Å²) in [5.74, 6) is 0.693. The molecule has 1 aromatic carbocycles. The monoisotopic (exact) mass is 329 g/mol. The molecule has 0 amide bonds. The molecule has 0 aliphatic heterocycles. The van der Waals surface area contributed by atoms with Crippen LogP contribution in [0.2, 0.25) is 0 Å². The van der Waals surface area contributed by atoms with Gasteiger partial charge in [-0.1, -0.05) is 5.16 Å². The Bertz CT molecular complexity index is 1100. The molecule has 122 valence electrons. The van der Waals surface area contributed by atoms with Gasteiger partial charge in [-0.05, 0) is 38.1 Å². The SMILES string of the molecule is Cc1noc(C)c1-c1cncc(C#N)c1Nc1ccc2[nH]ccc2c1. The molecule has 0 saturated heterocycles. The van der Waals surface area contributed by atoms with Gasteiger partial charge < -0.3 is 14.8 Å². The lowest BCUT2D eigenvalue weighted by Crippen LogP contribution is -1.99. The second kappa shape index (κ2) is 5.80. The fourth-order valence-electron chi connectivity index (χ4n) is 3.01. The summed E-state index contributed by atoms with van der Waals surface area (Å²) in [6.45, 7) is 3.73. The van der Waals surface area contributed by atoms with Gasteiger partial charge >= 0.3 is 0 Å². The van der Waals surface area contributed by atoms with Gasteiger partial charge in [0.1, 0.15) is 11.8 Å². The summed E-state index contributed by atoms with van der Waals surface area (Å²) in [5, 5.41) is 18.0. The van der Waals surface area contributed by atoms with Crippen LogP contribution in [-0.4, -0.2) is 15.1 Å². The zero-order valence-corrected chi connectivity index (χ0v) is 13.8. The van der Waals surface area contributed by atoms with Gasteiger partial charge in [0, 0.05) is 40.7 Å². The molecule has 25 heavy (non-hydrogen) atoms. The number of pyridine rings is 1. The topological polar surface area (TPSA) is 90.5 Å². The van der Waals surface area contributed by atoms with Gasteiger partial charge in [0.25, 0.3) is 0 Å². The molecule has 0 spiro atoms. The molecule has 3 heterocycles. The van der Waals surface area contributed by atoms with Gasteiger partial charge in [-0.2, -0.15) is 5.26 Å². The molecule has 4 aromatic rings. The first-order chi connectivity index (χ1) is 12.2. The molecule has 3 aromatic heterocycles. The molecule has 2 N–H and O–H groups in total. The minimum Gasteiger partial charge on any atom is -0.361 e. The number of fused-ring (bicyclic) bond motifs is 1. The standard InChI is InChI=1S/C19H15N5O/c1-11-18(12(2)25-24-11)16-10-21-9-14(8-20)19(16)23-15-3-4-17-13(7-15)5-6-22-17/h3-7,9-10,22H,1-2H3,(H,21,23). The van der Waals surface area contributed by atoms with Crippen LogP contribution >= 0.6 is 0 Å². The lowest BCUT2D eigenvalue weighted by Gasteiger charge is -2.13. The Morgan fingerprint density at radius 1 is 1.20 bits per heavy atom. The second-order valence-electron chi connectivity index (χ2n) is 5.83. The maximum Gasteiger partial charge on any atom is 0.141 e. The number of hydrogen-bond acceptors (Lipinski definition) is 5. The summed E-state index contributed by atoms with van der Waals surface area (Å²) in [7, 11) is 0. The summed E-state index contributed by atoms with van der Waals surface area (Å²) < 4.78 is 5.28. The van der Waals surface area contributed by atoms with Gasteiger partial charge in [-0.3, -0.25) is 4.98 Å². The molecule has 0 aliphatic carbocycles. The Morgan fingerprint density at radius 3 is 2.84 bits per heavy atom.